The monoisotopic (exact) mass is 339 g/mol. The first-order chi connectivity index (χ1) is 9.45. The molecule has 0 spiro atoms. The molecule has 0 amide bonds. The van der Waals surface area contributed by atoms with Crippen LogP contribution in [-0.4, -0.2) is 57.2 Å². The fourth-order valence-corrected chi connectivity index (χ4v) is 4.44. The lowest BCUT2D eigenvalue weighted by Gasteiger charge is -2.31. The topological polar surface area (TPSA) is 62.0 Å². The smallest absolute Gasteiger partial charge is 0.245 e. The third-order valence-corrected chi connectivity index (χ3v) is 6.02. The number of piperazine rings is 1. The summed E-state index contributed by atoms with van der Waals surface area (Å²) in [4.78, 5) is 1.26. The maximum absolute atomic E-state index is 12.5. The van der Waals surface area contributed by atoms with Gasteiger partial charge < -0.3 is 10.0 Å². The molecule has 1 aromatic carbocycles. The van der Waals surface area contributed by atoms with Crippen LogP contribution in [0.5, 0.6) is 0 Å². The summed E-state index contributed by atoms with van der Waals surface area (Å²) >= 11 is 11.8. The lowest BCUT2D eigenvalue weighted by Crippen LogP contribution is -3.15. The van der Waals surface area contributed by atoms with Crippen LogP contribution in [0.4, 0.5) is 0 Å². The zero-order valence-electron chi connectivity index (χ0n) is 10.8. The Bertz CT molecular complexity index is 572. The standard InChI is InChI=1S/C12H16Cl2N2O3S/c13-10-1-2-11(14)12(9-10)20(18,19)16-5-3-15(4-6-16)7-8-17/h1-2,9,17H,3-8H2/p+1. The van der Waals surface area contributed by atoms with Gasteiger partial charge in [-0.05, 0) is 18.2 Å². The van der Waals surface area contributed by atoms with E-state index in [4.69, 9.17) is 28.3 Å². The predicted octanol–water partition coefficient (Wildman–Crippen LogP) is -0.125. The quantitative estimate of drug-likeness (QED) is 0.803. The first kappa shape index (κ1) is 16.0. The summed E-state index contributed by atoms with van der Waals surface area (Å²) in [6, 6.07) is 4.43. The van der Waals surface area contributed by atoms with Gasteiger partial charge in [-0.2, -0.15) is 4.31 Å². The SMILES string of the molecule is O=S(=O)(c1cc(Cl)ccc1Cl)N1CC[NH+](CCO)CC1. The molecule has 0 aromatic heterocycles. The summed E-state index contributed by atoms with van der Waals surface area (Å²) in [6.07, 6.45) is 0. The van der Waals surface area contributed by atoms with E-state index in [2.05, 4.69) is 0 Å². The molecule has 1 saturated heterocycles. The number of nitrogens with one attached hydrogen (secondary N) is 1. The highest BCUT2D eigenvalue weighted by Crippen LogP contribution is 2.27. The number of sulfonamides is 1. The van der Waals surface area contributed by atoms with Gasteiger partial charge in [0, 0.05) is 5.02 Å². The number of aliphatic hydroxyl groups excluding tert-OH is 1. The zero-order valence-corrected chi connectivity index (χ0v) is 13.2. The Morgan fingerprint density at radius 2 is 1.90 bits per heavy atom. The number of hydrogen-bond donors (Lipinski definition) is 2. The minimum atomic E-state index is -3.61. The zero-order chi connectivity index (χ0) is 14.8. The van der Waals surface area contributed by atoms with E-state index in [1.807, 2.05) is 0 Å². The van der Waals surface area contributed by atoms with Crippen molar-refractivity contribution in [1.29, 1.82) is 0 Å². The maximum Gasteiger partial charge on any atom is 0.245 e. The second-order valence-corrected chi connectivity index (χ2v) is 7.45. The molecular formula is C12H17Cl2N2O3S+. The molecule has 1 aliphatic rings. The third-order valence-electron chi connectivity index (χ3n) is 3.41. The fourth-order valence-electron chi connectivity index (χ4n) is 2.26. The Balaban J connectivity index is 2.18. The van der Waals surface area contributed by atoms with Crippen LogP contribution in [0.3, 0.4) is 0 Å². The molecule has 112 valence electrons. The molecule has 8 heteroatoms. The van der Waals surface area contributed by atoms with E-state index >= 15 is 0 Å². The second kappa shape index (κ2) is 6.60. The van der Waals surface area contributed by atoms with E-state index in [-0.39, 0.29) is 16.5 Å². The van der Waals surface area contributed by atoms with Crippen molar-refractivity contribution in [3.05, 3.63) is 28.2 Å². The average Bonchev–Trinajstić information content (AvgIpc) is 2.42. The minimum Gasteiger partial charge on any atom is -0.391 e. The van der Waals surface area contributed by atoms with Crippen LogP contribution in [-0.2, 0) is 10.0 Å². The molecule has 0 saturated carbocycles. The van der Waals surface area contributed by atoms with Gasteiger partial charge in [0.05, 0.1) is 37.8 Å². The summed E-state index contributed by atoms with van der Waals surface area (Å²) in [7, 11) is -3.61. The average molecular weight is 340 g/mol. The van der Waals surface area contributed by atoms with Gasteiger partial charge in [-0.3, -0.25) is 0 Å². The highest BCUT2D eigenvalue weighted by Gasteiger charge is 2.31. The Kier molecular flexibility index (Phi) is 5.28. The molecule has 0 aliphatic carbocycles. The number of nitrogens with zero attached hydrogens (tertiary/aromatic N) is 1. The molecule has 5 nitrogen and oxygen atoms in total. The highest BCUT2D eigenvalue weighted by atomic mass is 35.5. The van der Waals surface area contributed by atoms with Gasteiger partial charge in [-0.1, -0.05) is 23.2 Å². The molecule has 20 heavy (non-hydrogen) atoms. The predicted molar refractivity (Wildman–Crippen MR) is 77.9 cm³/mol. The molecule has 0 unspecified atom stereocenters. The summed E-state index contributed by atoms with van der Waals surface area (Å²) in [5.74, 6) is 0. The van der Waals surface area contributed by atoms with Crippen LogP contribution < -0.4 is 4.90 Å². The van der Waals surface area contributed by atoms with Gasteiger partial charge in [-0.25, -0.2) is 8.42 Å². The van der Waals surface area contributed by atoms with Gasteiger partial charge in [-0.15, -0.1) is 0 Å². The summed E-state index contributed by atoms with van der Waals surface area (Å²) in [6.45, 7) is 2.95. The van der Waals surface area contributed by atoms with E-state index in [0.717, 1.165) is 0 Å². The molecule has 1 fully saturated rings. The molecule has 1 aliphatic heterocycles. The maximum atomic E-state index is 12.5. The van der Waals surface area contributed by atoms with E-state index in [0.29, 0.717) is 37.7 Å². The molecule has 2 rings (SSSR count). The van der Waals surface area contributed by atoms with Crippen LogP contribution >= 0.6 is 23.2 Å². The Morgan fingerprint density at radius 3 is 2.50 bits per heavy atom. The van der Waals surface area contributed by atoms with Crippen molar-refractivity contribution in [1.82, 2.24) is 4.31 Å². The normalized spacial score (nSPS) is 18.4. The van der Waals surface area contributed by atoms with Crippen LogP contribution in [0.2, 0.25) is 10.0 Å². The van der Waals surface area contributed by atoms with Crippen molar-refractivity contribution < 1.29 is 18.4 Å². The van der Waals surface area contributed by atoms with E-state index < -0.39 is 10.0 Å². The van der Waals surface area contributed by atoms with Crippen molar-refractivity contribution in [2.75, 3.05) is 39.3 Å². The Hall–Kier alpha value is -0.370. The second-order valence-electron chi connectivity index (χ2n) is 4.70. The van der Waals surface area contributed by atoms with E-state index in [1.54, 1.807) is 6.07 Å². The number of benzene rings is 1. The molecule has 1 aromatic rings. The molecule has 2 N–H and O–H groups in total. The number of quaternary nitrogens is 1. The number of hydrogen-bond acceptors (Lipinski definition) is 3. The van der Waals surface area contributed by atoms with Crippen LogP contribution in [0, 0.1) is 0 Å². The summed E-state index contributed by atoms with van der Waals surface area (Å²) < 4.78 is 26.5. The first-order valence-electron chi connectivity index (χ1n) is 6.35. The first-order valence-corrected chi connectivity index (χ1v) is 8.54. The lowest BCUT2D eigenvalue weighted by molar-refractivity contribution is -0.904. The van der Waals surface area contributed by atoms with Gasteiger partial charge >= 0.3 is 0 Å². The lowest BCUT2D eigenvalue weighted by atomic mass is 10.3. The van der Waals surface area contributed by atoms with Crippen LogP contribution in [0.25, 0.3) is 0 Å². The van der Waals surface area contributed by atoms with Crippen LogP contribution in [0.1, 0.15) is 0 Å². The Labute approximate surface area is 128 Å². The van der Waals surface area contributed by atoms with E-state index in [1.165, 1.54) is 21.3 Å². The van der Waals surface area contributed by atoms with Crippen molar-refractivity contribution in [3.8, 4) is 0 Å². The number of rotatable bonds is 4. The summed E-state index contributed by atoms with van der Waals surface area (Å²) in [5, 5.41) is 9.43. The van der Waals surface area contributed by atoms with Gasteiger partial charge in [0.25, 0.3) is 0 Å². The van der Waals surface area contributed by atoms with Gasteiger partial charge in [0.2, 0.25) is 10.0 Å². The van der Waals surface area contributed by atoms with Crippen molar-refractivity contribution in [2.24, 2.45) is 0 Å². The number of halogens is 2. The number of aliphatic hydroxyl groups is 1. The summed E-state index contributed by atoms with van der Waals surface area (Å²) in [5.41, 5.74) is 0. The minimum absolute atomic E-state index is 0.0530. The molecule has 0 bridgehead atoms. The third kappa shape index (κ3) is 3.44. The Morgan fingerprint density at radius 1 is 1.25 bits per heavy atom. The van der Waals surface area contributed by atoms with E-state index in [9.17, 15) is 8.42 Å². The molecule has 0 radical (unpaired) electrons. The largest absolute Gasteiger partial charge is 0.391 e. The highest BCUT2D eigenvalue weighted by molar-refractivity contribution is 7.89. The van der Waals surface area contributed by atoms with Crippen LogP contribution in [0.15, 0.2) is 23.1 Å². The van der Waals surface area contributed by atoms with Crippen molar-refractivity contribution in [2.45, 2.75) is 4.90 Å². The van der Waals surface area contributed by atoms with Gasteiger partial charge in [0.1, 0.15) is 11.4 Å². The molecular weight excluding hydrogens is 323 g/mol. The van der Waals surface area contributed by atoms with Gasteiger partial charge in [0.15, 0.2) is 0 Å². The fraction of sp³-hybridized carbons (Fsp3) is 0.500. The molecule has 1 heterocycles. The van der Waals surface area contributed by atoms with Crippen molar-refractivity contribution in [3.63, 3.8) is 0 Å². The molecule has 0 atom stereocenters. The van der Waals surface area contributed by atoms with Crippen molar-refractivity contribution >= 4 is 33.2 Å².